The van der Waals surface area contributed by atoms with Crippen LogP contribution in [0.1, 0.15) is 33.9 Å². The Hall–Kier alpha value is -2.12. The molecule has 1 saturated heterocycles. The summed E-state index contributed by atoms with van der Waals surface area (Å²) < 4.78 is 31.1. The Balaban J connectivity index is 2.01. The number of aromatic amines is 1. The highest BCUT2D eigenvalue weighted by Crippen LogP contribution is 2.44. The molecule has 5 atom stereocenters. The van der Waals surface area contributed by atoms with Gasteiger partial charge in [0.05, 0.1) is 12.8 Å². The second-order valence-corrected chi connectivity index (χ2v) is 7.31. The summed E-state index contributed by atoms with van der Waals surface area (Å²) in [7, 11) is 0. The highest BCUT2D eigenvalue weighted by molar-refractivity contribution is 5.75. The zero-order valence-corrected chi connectivity index (χ0v) is 16.5. The topological polar surface area (TPSA) is 152 Å². The number of nitrogens with zero attached hydrogens (tertiary/aromatic N) is 1. The molecule has 1 aliphatic rings. The van der Waals surface area contributed by atoms with E-state index < -0.39 is 53.7 Å². The highest BCUT2D eigenvalue weighted by atomic mass is 19.2. The van der Waals surface area contributed by atoms with E-state index in [1.165, 1.54) is 6.92 Å². The number of ether oxygens (including phenoxy) is 3. The molecule has 11 nitrogen and oxygen atoms in total. The summed E-state index contributed by atoms with van der Waals surface area (Å²) in [4.78, 5) is 36.8. The van der Waals surface area contributed by atoms with Crippen molar-refractivity contribution in [2.45, 2.75) is 63.6 Å². The number of halogens is 1. The van der Waals surface area contributed by atoms with Crippen LogP contribution in [0, 0.1) is 0 Å². The predicted octanol–water partition coefficient (Wildman–Crippen LogP) is -1.25. The largest absolute Gasteiger partial charge is 0.462 e. The third kappa shape index (κ3) is 5.08. The highest BCUT2D eigenvalue weighted by Gasteiger charge is 2.63. The molecule has 0 unspecified atom stereocenters. The van der Waals surface area contributed by atoms with E-state index in [0.717, 1.165) is 23.8 Å². The van der Waals surface area contributed by atoms with Gasteiger partial charge in [0.15, 0.2) is 6.23 Å². The van der Waals surface area contributed by atoms with Gasteiger partial charge in [-0.25, -0.2) is 9.18 Å². The monoisotopic (exact) mass is 419 g/mol. The summed E-state index contributed by atoms with van der Waals surface area (Å²) in [5, 5.41) is 23.4. The number of hydrogen-bond donors (Lipinski definition) is 4. The van der Waals surface area contributed by atoms with Crippen LogP contribution in [0.3, 0.4) is 0 Å². The van der Waals surface area contributed by atoms with Crippen molar-refractivity contribution in [1.29, 1.82) is 0 Å². The molecule has 2 heterocycles. The molecule has 0 amide bonds. The number of carbonyl (C=O) groups is 1. The third-order valence-corrected chi connectivity index (χ3v) is 4.37. The molecule has 0 saturated carbocycles. The van der Waals surface area contributed by atoms with Gasteiger partial charge in [0.2, 0.25) is 0 Å². The zero-order chi connectivity index (χ0) is 22.0. The van der Waals surface area contributed by atoms with Crippen LogP contribution >= 0.6 is 0 Å². The van der Waals surface area contributed by atoms with Crippen LogP contribution in [-0.4, -0.2) is 68.8 Å². The van der Waals surface area contributed by atoms with Crippen LogP contribution in [0.25, 0.3) is 0 Å². The number of aliphatic hydroxyl groups is 2. The Morgan fingerprint density at radius 2 is 2.10 bits per heavy atom. The van der Waals surface area contributed by atoms with Gasteiger partial charge in [-0.15, -0.1) is 0 Å². The zero-order valence-electron chi connectivity index (χ0n) is 16.5. The van der Waals surface area contributed by atoms with Gasteiger partial charge in [0, 0.05) is 12.3 Å². The van der Waals surface area contributed by atoms with Gasteiger partial charge in [-0.05, 0) is 27.7 Å². The molecule has 0 spiro atoms. The molecule has 29 heavy (non-hydrogen) atoms. The third-order valence-electron chi connectivity index (χ3n) is 4.37. The van der Waals surface area contributed by atoms with E-state index >= 15 is 4.39 Å². The van der Waals surface area contributed by atoms with Gasteiger partial charge in [0.25, 0.3) is 11.4 Å². The number of H-pyrrole nitrogens is 1. The van der Waals surface area contributed by atoms with E-state index in [2.05, 4.69) is 5.32 Å². The lowest BCUT2D eigenvalue weighted by molar-refractivity contribution is -0.217. The maximum Gasteiger partial charge on any atom is 0.330 e. The van der Waals surface area contributed by atoms with E-state index in [4.69, 9.17) is 14.2 Å². The maximum atomic E-state index is 15.1. The second-order valence-electron chi connectivity index (χ2n) is 7.31. The molecule has 0 radical (unpaired) electrons. The molecule has 0 aromatic carbocycles. The summed E-state index contributed by atoms with van der Waals surface area (Å²) in [6.07, 6.45) is -2.96. The Kier molecular flexibility index (Phi) is 6.96. The SMILES string of the molecule is CC(C)OC(=O)[C@H](C)NCOC[C@@]1(F)O[C@@H](n2ccc(=O)[nH]c2=O)[C@](C)(O)[C@@H]1O. The number of aromatic nitrogens is 2. The van der Waals surface area contributed by atoms with Crippen molar-refractivity contribution in [3.8, 4) is 0 Å². The summed E-state index contributed by atoms with van der Waals surface area (Å²) >= 11 is 0. The first-order chi connectivity index (χ1) is 13.4. The molecule has 2 rings (SSSR count). The van der Waals surface area contributed by atoms with Crippen LogP contribution in [-0.2, 0) is 19.0 Å². The van der Waals surface area contributed by atoms with Crippen LogP contribution in [0.4, 0.5) is 4.39 Å². The lowest BCUT2D eigenvalue weighted by Gasteiger charge is -2.27. The van der Waals surface area contributed by atoms with E-state index in [-0.39, 0.29) is 12.8 Å². The Bertz CT molecular complexity index is 838. The van der Waals surface area contributed by atoms with Gasteiger partial charge >= 0.3 is 11.7 Å². The molecular weight excluding hydrogens is 393 g/mol. The number of esters is 1. The molecule has 0 bridgehead atoms. The predicted molar refractivity (Wildman–Crippen MR) is 96.6 cm³/mol. The summed E-state index contributed by atoms with van der Waals surface area (Å²) in [6.45, 7) is 4.93. The average Bonchev–Trinajstić information content (AvgIpc) is 2.79. The first-order valence-corrected chi connectivity index (χ1v) is 8.98. The molecule has 0 aliphatic carbocycles. The molecule has 1 aromatic heterocycles. The Morgan fingerprint density at radius 1 is 1.45 bits per heavy atom. The van der Waals surface area contributed by atoms with Crippen molar-refractivity contribution in [2.24, 2.45) is 0 Å². The lowest BCUT2D eigenvalue weighted by Crippen LogP contribution is -2.50. The lowest BCUT2D eigenvalue weighted by atomic mass is 9.95. The minimum absolute atomic E-state index is 0.276. The fraction of sp³-hybridized carbons (Fsp3) is 0.706. The van der Waals surface area contributed by atoms with Crippen molar-refractivity contribution in [3.05, 3.63) is 33.1 Å². The number of carbonyl (C=O) groups excluding carboxylic acids is 1. The molecule has 12 heteroatoms. The minimum atomic E-state index is -2.85. The molecule has 164 valence electrons. The van der Waals surface area contributed by atoms with E-state index in [1.807, 2.05) is 4.98 Å². The number of aliphatic hydroxyl groups excluding tert-OH is 1. The Labute approximate surface area is 165 Å². The van der Waals surface area contributed by atoms with E-state index in [9.17, 15) is 24.6 Å². The van der Waals surface area contributed by atoms with Crippen molar-refractivity contribution < 1.29 is 33.6 Å². The fourth-order valence-electron chi connectivity index (χ4n) is 2.80. The first kappa shape index (κ1) is 23.2. The smallest absolute Gasteiger partial charge is 0.330 e. The van der Waals surface area contributed by atoms with Crippen LogP contribution in [0.2, 0.25) is 0 Å². The van der Waals surface area contributed by atoms with Crippen molar-refractivity contribution in [2.75, 3.05) is 13.3 Å². The summed E-state index contributed by atoms with van der Waals surface area (Å²) in [5.74, 6) is -3.37. The number of hydrogen-bond acceptors (Lipinski definition) is 9. The molecule has 1 aromatic rings. The van der Waals surface area contributed by atoms with Gasteiger partial charge in [-0.1, -0.05) is 0 Å². The second kappa shape index (κ2) is 8.71. The van der Waals surface area contributed by atoms with E-state index in [1.54, 1.807) is 13.8 Å². The molecular formula is C17H26FN3O8. The number of alkyl halides is 1. The van der Waals surface area contributed by atoms with Gasteiger partial charge in [0.1, 0.15) is 24.4 Å². The quantitative estimate of drug-likeness (QED) is 0.230. The van der Waals surface area contributed by atoms with Crippen LogP contribution in [0.5, 0.6) is 0 Å². The van der Waals surface area contributed by atoms with Crippen LogP contribution in [0.15, 0.2) is 21.9 Å². The first-order valence-electron chi connectivity index (χ1n) is 8.98. The summed E-state index contributed by atoms with van der Waals surface area (Å²) in [6, 6.07) is 0.265. The average molecular weight is 419 g/mol. The number of nitrogens with one attached hydrogen (secondary N) is 2. The standard InChI is InChI=1S/C17H26FN3O8/c1-9(2)28-12(23)10(3)19-8-27-7-17(18)13(24)16(4,26)14(29-17)21-6-5-11(22)20-15(21)25/h5-6,9-10,13-14,19,24,26H,7-8H2,1-4H3,(H,20,22,25)/t10-,13-,14+,16+,17+/m0/s1. The van der Waals surface area contributed by atoms with Gasteiger partial charge in [-0.2, -0.15) is 0 Å². The molecule has 1 aliphatic heterocycles. The van der Waals surface area contributed by atoms with Crippen molar-refractivity contribution in [3.63, 3.8) is 0 Å². The molecule has 4 N–H and O–H groups in total. The summed E-state index contributed by atoms with van der Waals surface area (Å²) in [5.41, 5.74) is -3.84. The van der Waals surface area contributed by atoms with Gasteiger partial charge in [-0.3, -0.25) is 24.5 Å². The van der Waals surface area contributed by atoms with Crippen molar-refractivity contribution in [1.82, 2.24) is 14.9 Å². The van der Waals surface area contributed by atoms with Crippen LogP contribution < -0.4 is 16.6 Å². The molecule has 1 fully saturated rings. The van der Waals surface area contributed by atoms with Crippen molar-refractivity contribution >= 4 is 5.97 Å². The fourth-order valence-corrected chi connectivity index (χ4v) is 2.80. The Morgan fingerprint density at radius 3 is 2.69 bits per heavy atom. The minimum Gasteiger partial charge on any atom is -0.462 e. The maximum absolute atomic E-state index is 15.1. The van der Waals surface area contributed by atoms with Gasteiger partial charge < -0.3 is 24.4 Å². The normalized spacial score (nSPS) is 30.5. The number of rotatable bonds is 8. The van der Waals surface area contributed by atoms with E-state index in [0.29, 0.717) is 0 Å².